The minimum atomic E-state index is -0.329. The standard InChI is InChI=1S/C11H19N3O2/c1-8-10(15)13-6-7-14(8)11(16)9-4-2-3-5-12-9/h8-9,12H,2-7H2,1H3,(H,13,15)/t8?,9-/m1/s1. The van der Waals surface area contributed by atoms with Crippen LogP contribution in [0.4, 0.5) is 0 Å². The molecule has 2 aliphatic heterocycles. The van der Waals surface area contributed by atoms with Crippen LogP contribution in [0.15, 0.2) is 0 Å². The smallest absolute Gasteiger partial charge is 0.242 e. The molecule has 0 aliphatic carbocycles. The summed E-state index contributed by atoms with van der Waals surface area (Å²) in [6, 6.07) is -0.410. The molecule has 2 heterocycles. The summed E-state index contributed by atoms with van der Waals surface area (Å²) in [6.45, 7) is 3.89. The van der Waals surface area contributed by atoms with Crippen LogP contribution in [0.25, 0.3) is 0 Å². The minimum Gasteiger partial charge on any atom is -0.353 e. The van der Waals surface area contributed by atoms with Gasteiger partial charge in [-0.3, -0.25) is 9.59 Å². The van der Waals surface area contributed by atoms with Crippen LogP contribution in [0, 0.1) is 0 Å². The van der Waals surface area contributed by atoms with Crippen molar-refractivity contribution < 1.29 is 9.59 Å². The molecule has 1 unspecified atom stereocenters. The van der Waals surface area contributed by atoms with E-state index in [0.29, 0.717) is 13.1 Å². The molecule has 2 saturated heterocycles. The fourth-order valence-electron chi connectivity index (χ4n) is 2.35. The molecule has 2 amide bonds. The van der Waals surface area contributed by atoms with Gasteiger partial charge in [0.15, 0.2) is 0 Å². The zero-order valence-corrected chi connectivity index (χ0v) is 9.66. The molecule has 0 bridgehead atoms. The molecular weight excluding hydrogens is 206 g/mol. The number of hydrogen-bond donors (Lipinski definition) is 2. The number of rotatable bonds is 1. The highest BCUT2D eigenvalue weighted by atomic mass is 16.2. The van der Waals surface area contributed by atoms with Gasteiger partial charge < -0.3 is 15.5 Å². The number of nitrogens with one attached hydrogen (secondary N) is 2. The topological polar surface area (TPSA) is 61.4 Å². The average molecular weight is 225 g/mol. The second-order valence-electron chi connectivity index (χ2n) is 4.50. The van der Waals surface area contributed by atoms with E-state index >= 15 is 0 Å². The number of amides is 2. The molecule has 90 valence electrons. The van der Waals surface area contributed by atoms with Crippen LogP contribution in [0.1, 0.15) is 26.2 Å². The number of piperidine rings is 1. The minimum absolute atomic E-state index is 0.0459. The summed E-state index contributed by atoms with van der Waals surface area (Å²) >= 11 is 0. The first kappa shape index (κ1) is 11.4. The maximum absolute atomic E-state index is 12.2. The van der Waals surface area contributed by atoms with Gasteiger partial charge in [0.1, 0.15) is 6.04 Å². The molecule has 16 heavy (non-hydrogen) atoms. The SMILES string of the molecule is CC1C(=O)NCCN1C(=O)[C@H]1CCCCN1. The monoisotopic (exact) mass is 225 g/mol. The quantitative estimate of drug-likeness (QED) is 0.631. The van der Waals surface area contributed by atoms with Gasteiger partial charge in [-0.15, -0.1) is 0 Å². The van der Waals surface area contributed by atoms with Crippen LogP contribution >= 0.6 is 0 Å². The van der Waals surface area contributed by atoms with Gasteiger partial charge in [-0.25, -0.2) is 0 Å². The first-order chi connectivity index (χ1) is 7.70. The highest BCUT2D eigenvalue weighted by molar-refractivity contribution is 5.90. The third-order valence-corrected chi connectivity index (χ3v) is 3.39. The lowest BCUT2D eigenvalue weighted by atomic mass is 10.0. The van der Waals surface area contributed by atoms with Crippen molar-refractivity contribution in [2.24, 2.45) is 0 Å². The molecule has 0 aromatic carbocycles. The summed E-state index contributed by atoms with van der Waals surface area (Å²) in [7, 11) is 0. The Labute approximate surface area is 95.6 Å². The fourth-order valence-corrected chi connectivity index (χ4v) is 2.35. The summed E-state index contributed by atoms with van der Waals surface area (Å²) in [6.07, 6.45) is 3.13. The number of hydrogen-bond acceptors (Lipinski definition) is 3. The third kappa shape index (κ3) is 2.19. The van der Waals surface area contributed by atoms with Gasteiger partial charge in [-0.05, 0) is 26.3 Å². The first-order valence-corrected chi connectivity index (χ1v) is 6.02. The maximum atomic E-state index is 12.2. The van der Waals surface area contributed by atoms with E-state index in [1.165, 1.54) is 0 Å². The van der Waals surface area contributed by atoms with Crippen molar-refractivity contribution in [3.63, 3.8) is 0 Å². The molecule has 2 N–H and O–H groups in total. The van der Waals surface area contributed by atoms with Crippen LogP contribution < -0.4 is 10.6 Å². The van der Waals surface area contributed by atoms with Crippen molar-refractivity contribution in [2.75, 3.05) is 19.6 Å². The molecule has 0 saturated carbocycles. The molecule has 5 nitrogen and oxygen atoms in total. The Hall–Kier alpha value is -1.10. The van der Waals surface area contributed by atoms with E-state index in [2.05, 4.69) is 10.6 Å². The van der Waals surface area contributed by atoms with E-state index < -0.39 is 0 Å². The number of carbonyl (C=O) groups is 2. The van der Waals surface area contributed by atoms with Crippen molar-refractivity contribution in [3.8, 4) is 0 Å². The van der Waals surface area contributed by atoms with E-state index in [1.54, 1.807) is 11.8 Å². The second kappa shape index (κ2) is 4.82. The van der Waals surface area contributed by atoms with Crippen LogP contribution in [-0.4, -0.2) is 48.4 Å². The second-order valence-corrected chi connectivity index (χ2v) is 4.50. The predicted molar refractivity (Wildman–Crippen MR) is 59.8 cm³/mol. The molecule has 0 radical (unpaired) electrons. The van der Waals surface area contributed by atoms with Crippen LogP contribution in [0.5, 0.6) is 0 Å². The Morgan fingerprint density at radius 1 is 1.38 bits per heavy atom. The molecule has 2 rings (SSSR count). The molecule has 2 atom stereocenters. The van der Waals surface area contributed by atoms with Gasteiger partial charge in [0.25, 0.3) is 0 Å². The Bertz CT molecular complexity index is 287. The number of piperazine rings is 1. The zero-order chi connectivity index (χ0) is 11.5. The van der Waals surface area contributed by atoms with Gasteiger partial charge in [-0.2, -0.15) is 0 Å². The molecule has 0 aromatic rings. The Morgan fingerprint density at radius 2 is 2.19 bits per heavy atom. The molecule has 0 spiro atoms. The summed E-state index contributed by atoms with van der Waals surface area (Å²) in [4.78, 5) is 25.4. The summed E-state index contributed by atoms with van der Waals surface area (Å²) in [5.41, 5.74) is 0. The zero-order valence-electron chi connectivity index (χ0n) is 9.66. The van der Waals surface area contributed by atoms with E-state index in [-0.39, 0.29) is 23.9 Å². The Balaban J connectivity index is 1.99. The summed E-state index contributed by atoms with van der Waals surface area (Å²) in [5.74, 6) is 0.0393. The van der Waals surface area contributed by atoms with E-state index in [0.717, 1.165) is 25.8 Å². The van der Waals surface area contributed by atoms with Crippen molar-refractivity contribution in [1.82, 2.24) is 15.5 Å². The third-order valence-electron chi connectivity index (χ3n) is 3.39. The summed E-state index contributed by atoms with van der Waals surface area (Å²) in [5, 5.41) is 5.99. The Morgan fingerprint density at radius 3 is 2.88 bits per heavy atom. The van der Waals surface area contributed by atoms with E-state index in [9.17, 15) is 9.59 Å². The number of nitrogens with zero attached hydrogens (tertiary/aromatic N) is 1. The van der Waals surface area contributed by atoms with Gasteiger partial charge in [0, 0.05) is 13.1 Å². The first-order valence-electron chi connectivity index (χ1n) is 6.02. The average Bonchev–Trinajstić information content (AvgIpc) is 2.33. The van der Waals surface area contributed by atoms with Crippen molar-refractivity contribution in [1.29, 1.82) is 0 Å². The normalized spacial score (nSPS) is 31.1. The van der Waals surface area contributed by atoms with Gasteiger partial charge in [0.05, 0.1) is 6.04 Å². The van der Waals surface area contributed by atoms with Crippen molar-refractivity contribution >= 4 is 11.8 Å². The van der Waals surface area contributed by atoms with Gasteiger partial charge in [-0.1, -0.05) is 6.42 Å². The largest absolute Gasteiger partial charge is 0.353 e. The van der Waals surface area contributed by atoms with E-state index in [4.69, 9.17) is 0 Å². The summed E-state index contributed by atoms with van der Waals surface area (Å²) < 4.78 is 0. The maximum Gasteiger partial charge on any atom is 0.242 e. The molecule has 2 aliphatic rings. The number of carbonyl (C=O) groups excluding carboxylic acids is 2. The molecule has 5 heteroatoms. The molecule has 0 aromatic heterocycles. The predicted octanol–water partition coefficient (Wildman–Crippen LogP) is -0.525. The van der Waals surface area contributed by atoms with Crippen LogP contribution in [0.3, 0.4) is 0 Å². The highest BCUT2D eigenvalue weighted by Crippen LogP contribution is 2.13. The van der Waals surface area contributed by atoms with Gasteiger partial charge in [0.2, 0.25) is 11.8 Å². The lowest BCUT2D eigenvalue weighted by Gasteiger charge is -2.36. The van der Waals surface area contributed by atoms with Crippen LogP contribution in [-0.2, 0) is 9.59 Å². The highest BCUT2D eigenvalue weighted by Gasteiger charge is 2.33. The Kier molecular flexibility index (Phi) is 3.43. The lowest BCUT2D eigenvalue weighted by Crippen LogP contribution is -2.60. The van der Waals surface area contributed by atoms with Crippen LogP contribution in [0.2, 0.25) is 0 Å². The molecular formula is C11H19N3O2. The van der Waals surface area contributed by atoms with Crippen molar-refractivity contribution in [2.45, 2.75) is 38.3 Å². The van der Waals surface area contributed by atoms with Gasteiger partial charge >= 0.3 is 0 Å². The van der Waals surface area contributed by atoms with Crippen molar-refractivity contribution in [3.05, 3.63) is 0 Å². The molecule has 2 fully saturated rings. The fraction of sp³-hybridized carbons (Fsp3) is 0.818. The lowest BCUT2D eigenvalue weighted by molar-refractivity contribution is -0.144. The van der Waals surface area contributed by atoms with E-state index in [1.807, 2.05) is 0 Å².